The molecule has 0 saturated carbocycles. The topological polar surface area (TPSA) is 53.7 Å². The van der Waals surface area contributed by atoms with Crippen LogP contribution in [0.3, 0.4) is 0 Å². The molecule has 6 heteroatoms. The number of rotatable bonds is 5. The van der Waals surface area contributed by atoms with Gasteiger partial charge in [-0.25, -0.2) is 0 Å². The summed E-state index contributed by atoms with van der Waals surface area (Å²) in [6, 6.07) is 14.3. The average Bonchev–Trinajstić information content (AvgIpc) is 3.05. The van der Waals surface area contributed by atoms with Crippen molar-refractivity contribution < 1.29 is 4.79 Å². The predicted molar refractivity (Wildman–Crippen MR) is 105 cm³/mol. The highest BCUT2D eigenvalue weighted by Gasteiger charge is 2.20. The van der Waals surface area contributed by atoms with E-state index in [4.69, 9.17) is 0 Å². The number of nitrogens with zero attached hydrogens (tertiary/aromatic N) is 5. The number of hydrogen-bond donors (Lipinski definition) is 0. The number of amides is 1. The molecule has 1 aliphatic rings. The van der Waals surface area contributed by atoms with Gasteiger partial charge in [-0.3, -0.25) is 9.20 Å². The summed E-state index contributed by atoms with van der Waals surface area (Å²) in [5.74, 6) is 0.0895. The van der Waals surface area contributed by atoms with Crippen LogP contribution in [0.4, 0.5) is 0 Å². The van der Waals surface area contributed by atoms with E-state index >= 15 is 0 Å². The molecule has 0 radical (unpaired) electrons. The minimum absolute atomic E-state index is 0.0895. The number of carbonyl (C=O) groups excluding carboxylic acids is 1. The number of aromatic nitrogens is 3. The predicted octanol–water partition coefficient (Wildman–Crippen LogP) is 2.51. The van der Waals surface area contributed by atoms with Gasteiger partial charge in [0.15, 0.2) is 5.65 Å². The molecule has 1 saturated heterocycles. The zero-order chi connectivity index (χ0) is 18.5. The van der Waals surface area contributed by atoms with E-state index < -0.39 is 0 Å². The zero-order valence-electron chi connectivity index (χ0n) is 15.5. The molecule has 3 aromatic rings. The van der Waals surface area contributed by atoms with Gasteiger partial charge in [-0.05, 0) is 50.0 Å². The highest BCUT2D eigenvalue weighted by atomic mass is 16.2. The van der Waals surface area contributed by atoms with Gasteiger partial charge in [0.05, 0.1) is 0 Å². The lowest BCUT2D eigenvalue weighted by Crippen LogP contribution is -2.35. The van der Waals surface area contributed by atoms with Crippen LogP contribution in [0.15, 0.2) is 55.0 Å². The van der Waals surface area contributed by atoms with Crippen LogP contribution in [0.25, 0.3) is 5.65 Å². The maximum absolute atomic E-state index is 12.9. The van der Waals surface area contributed by atoms with Crippen molar-refractivity contribution in [2.75, 3.05) is 32.7 Å². The number of carbonyl (C=O) groups is 1. The molecule has 0 aliphatic carbocycles. The van der Waals surface area contributed by atoms with Gasteiger partial charge >= 0.3 is 0 Å². The molecular formula is C21H25N5O. The molecule has 4 rings (SSSR count). The Labute approximate surface area is 159 Å². The number of hydrogen-bond acceptors (Lipinski definition) is 4. The summed E-state index contributed by atoms with van der Waals surface area (Å²) >= 11 is 0. The van der Waals surface area contributed by atoms with Gasteiger partial charge in [0.25, 0.3) is 5.91 Å². The van der Waals surface area contributed by atoms with E-state index in [9.17, 15) is 4.79 Å². The third kappa shape index (κ3) is 4.34. The van der Waals surface area contributed by atoms with Crippen LogP contribution in [0.5, 0.6) is 0 Å². The Morgan fingerprint density at radius 1 is 1.04 bits per heavy atom. The minimum atomic E-state index is 0.0895. The summed E-state index contributed by atoms with van der Waals surface area (Å²) in [6.45, 7) is 4.67. The lowest BCUT2D eigenvalue weighted by Gasteiger charge is -2.22. The van der Waals surface area contributed by atoms with E-state index in [-0.39, 0.29) is 5.91 Å². The molecular weight excluding hydrogens is 338 g/mol. The Morgan fingerprint density at radius 3 is 2.81 bits per heavy atom. The zero-order valence-corrected chi connectivity index (χ0v) is 15.5. The van der Waals surface area contributed by atoms with Gasteiger partial charge in [0.2, 0.25) is 0 Å². The van der Waals surface area contributed by atoms with Crippen LogP contribution in [-0.4, -0.2) is 63.0 Å². The number of fused-ring (bicyclic) bond motifs is 1. The van der Waals surface area contributed by atoms with Crippen molar-refractivity contribution in [3.8, 4) is 0 Å². The molecule has 0 bridgehead atoms. The fraction of sp³-hybridized carbons (Fsp3) is 0.381. The fourth-order valence-corrected chi connectivity index (χ4v) is 3.68. The van der Waals surface area contributed by atoms with Crippen molar-refractivity contribution in [1.29, 1.82) is 0 Å². The Kier molecular flexibility index (Phi) is 5.44. The maximum Gasteiger partial charge on any atom is 0.254 e. The van der Waals surface area contributed by atoms with Crippen LogP contribution >= 0.6 is 0 Å². The van der Waals surface area contributed by atoms with Crippen molar-refractivity contribution in [2.24, 2.45) is 0 Å². The molecule has 0 spiro atoms. The molecule has 6 nitrogen and oxygen atoms in total. The van der Waals surface area contributed by atoms with Crippen LogP contribution in [-0.2, 0) is 6.42 Å². The normalized spacial score (nSPS) is 15.8. The van der Waals surface area contributed by atoms with E-state index in [2.05, 4.69) is 45.4 Å². The van der Waals surface area contributed by atoms with Crippen LogP contribution in [0.2, 0.25) is 0 Å². The Hall–Kier alpha value is -2.73. The number of pyridine rings is 1. The summed E-state index contributed by atoms with van der Waals surface area (Å²) in [5.41, 5.74) is 2.79. The first-order valence-corrected chi connectivity index (χ1v) is 9.64. The number of benzene rings is 1. The monoisotopic (exact) mass is 363 g/mol. The summed E-state index contributed by atoms with van der Waals surface area (Å²) in [6.07, 6.45) is 6.77. The van der Waals surface area contributed by atoms with E-state index in [1.165, 1.54) is 5.56 Å². The summed E-state index contributed by atoms with van der Waals surface area (Å²) < 4.78 is 1.81. The second-order valence-corrected chi connectivity index (χ2v) is 7.09. The van der Waals surface area contributed by atoms with Crippen molar-refractivity contribution >= 4 is 11.6 Å². The Morgan fingerprint density at radius 2 is 1.93 bits per heavy atom. The molecule has 27 heavy (non-hydrogen) atoms. The Balaban J connectivity index is 1.30. The minimum Gasteiger partial charge on any atom is -0.337 e. The SMILES string of the molecule is O=C(c1ccn2cnnc2c1)N1CCCN(CCCc2ccccc2)CC1. The summed E-state index contributed by atoms with van der Waals surface area (Å²) in [4.78, 5) is 17.3. The van der Waals surface area contributed by atoms with Crippen LogP contribution in [0, 0.1) is 0 Å². The first kappa shape index (κ1) is 17.7. The maximum atomic E-state index is 12.9. The van der Waals surface area contributed by atoms with Crippen molar-refractivity contribution in [2.45, 2.75) is 19.3 Å². The molecule has 1 aliphatic heterocycles. The largest absolute Gasteiger partial charge is 0.337 e. The molecule has 1 amide bonds. The van der Waals surface area contributed by atoms with E-state index in [0.717, 1.165) is 52.0 Å². The molecule has 0 atom stereocenters. The summed E-state index contributed by atoms with van der Waals surface area (Å²) in [7, 11) is 0. The van der Waals surface area contributed by atoms with Crippen molar-refractivity contribution in [1.82, 2.24) is 24.4 Å². The van der Waals surface area contributed by atoms with Gasteiger partial charge in [-0.2, -0.15) is 0 Å². The average molecular weight is 363 g/mol. The second kappa shape index (κ2) is 8.31. The third-order valence-corrected chi connectivity index (χ3v) is 5.21. The lowest BCUT2D eigenvalue weighted by atomic mass is 10.1. The van der Waals surface area contributed by atoms with Crippen molar-refractivity contribution in [3.05, 3.63) is 66.1 Å². The second-order valence-electron chi connectivity index (χ2n) is 7.09. The van der Waals surface area contributed by atoms with E-state index in [1.54, 1.807) is 6.33 Å². The van der Waals surface area contributed by atoms with E-state index in [0.29, 0.717) is 11.2 Å². The van der Waals surface area contributed by atoms with Crippen molar-refractivity contribution in [3.63, 3.8) is 0 Å². The standard InChI is InChI=1S/C21H25N5O/c27-21(19-9-13-26-17-22-23-20(26)16-19)25-12-5-11-24(14-15-25)10-4-8-18-6-2-1-3-7-18/h1-3,6-7,9,13,16-17H,4-5,8,10-12,14-15H2. The van der Waals surface area contributed by atoms with Gasteiger partial charge in [0, 0.05) is 31.4 Å². The molecule has 3 heterocycles. The lowest BCUT2D eigenvalue weighted by molar-refractivity contribution is 0.0761. The highest BCUT2D eigenvalue weighted by Crippen LogP contribution is 2.12. The molecule has 0 N–H and O–H groups in total. The van der Waals surface area contributed by atoms with Gasteiger partial charge < -0.3 is 9.80 Å². The molecule has 1 aromatic carbocycles. The Bertz CT molecular complexity index is 892. The first-order chi connectivity index (χ1) is 13.3. The van der Waals surface area contributed by atoms with E-state index in [1.807, 2.05) is 27.6 Å². The molecule has 2 aromatic heterocycles. The van der Waals surface area contributed by atoms with Gasteiger partial charge in [-0.15, -0.1) is 10.2 Å². The molecule has 140 valence electrons. The molecule has 0 unspecified atom stereocenters. The third-order valence-electron chi connectivity index (χ3n) is 5.21. The highest BCUT2D eigenvalue weighted by molar-refractivity contribution is 5.95. The van der Waals surface area contributed by atoms with Gasteiger partial charge in [0.1, 0.15) is 6.33 Å². The first-order valence-electron chi connectivity index (χ1n) is 9.64. The fourth-order valence-electron chi connectivity index (χ4n) is 3.68. The smallest absolute Gasteiger partial charge is 0.254 e. The van der Waals surface area contributed by atoms with Gasteiger partial charge in [-0.1, -0.05) is 30.3 Å². The van der Waals surface area contributed by atoms with Crippen LogP contribution in [0.1, 0.15) is 28.8 Å². The molecule has 1 fully saturated rings. The summed E-state index contributed by atoms with van der Waals surface area (Å²) in [5, 5.41) is 7.90. The number of aryl methyl sites for hydroxylation is 1. The van der Waals surface area contributed by atoms with Crippen LogP contribution < -0.4 is 0 Å². The quantitative estimate of drug-likeness (QED) is 0.699.